The van der Waals surface area contributed by atoms with E-state index in [1.807, 2.05) is 11.8 Å². The van der Waals surface area contributed by atoms with Crippen molar-refractivity contribution in [2.45, 2.75) is 77.0 Å². The molecule has 264 valence electrons. The molecule has 12 nitrogen and oxygen atoms in total. The Labute approximate surface area is 280 Å². The maximum absolute atomic E-state index is 15.7. The van der Waals surface area contributed by atoms with E-state index in [9.17, 15) is 23.6 Å². The highest BCUT2D eigenvalue weighted by Crippen LogP contribution is 2.32. The fourth-order valence-corrected chi connectivity index (χ4v) is 6.58. The Hall–Kier alpha value is -3.91. The minimum absolute atomic E-state index is 0.0749. The molecule has 1 aliphatic heterocycles. The van der Waals surface area contributed by atoms with E-state index in [-0.39, 0.29) is 24.8 Å². The van der Waals surface area contributed by atoms with Crippen LogP contribution in [-0.2, 0) is 25.7 Å². The van der Waals surface area contributed by atoms with E-state index in [2.05, 4.69) is 28.0 Å². The van der Waals surface area contributed by atoms with Gasteiger partial charge in [0.1, 0.15) is 36.9 Å². The van der Waals surface area contributed by atoms with Crippen LogP contribution in [0.4, 0.5) is 14.5 Å². The summed E-state index contributed by atoms with van der Waals surface area (Å²) in [5.41, 5.74) is 0.674. The molecule has 1 aromatic heterocycles. The summed E-state index contributed by atoms with van der Waals surface area (Å²) in [6.45, 7) is 6.30. The molecular weight excluding hydrogens is 624 g/mol. The highest BCUT2D eigenvalue weighted by molar-refractivity contribution is 6.00. The summed E-state index contributed by atoms with van der Waals surface area (Å²) in [6.07, 6.45) is 4.86. The average molecular weight is 674 g/mol. The molecule has 3 N–H and O–H groups in total. The van der Waals surface area contributed by atoms with Gasteiger partial charge in [-0.25, -0.2) is 8.78 Å². The lowest BCUT2D eigenvalue weighted by Crippen LogP contribution is -2.59. The first-order valence-corrected chi connectivity index (χ1v) is 16.7. The topological polar surface area (TPSA) is 138 Å². The number of rotatable bonds is 13. The fourth-order valence-electron chi connectivity index (χ4n) is 6.58. The predicted octanol–water partition coefficient (Wildman–Crippen LogP) is 2.95. The number of methoxy groups -OCH3 is 1. The standard InChI is InChI=1S/C34H49F2N7O5/c1-6-43-28(13-14-37-43)32(45)40-31(23-9-7-21(2)8-10-23)33(46)38-27-12-11-24(17-26(27)36)22(3)30(39-29(44)20-48-5)34(47)42-16-15-41(4)25(18-35)19-42/h11-14,17,21-23,25,30-31H,6-10,15-16,18-20H2,1-5H3,(H,38,46)(H,39,44)(H,40,45)/t21-,22-,23-,25-,30+,31-/m0/s1. The van der Waals surface area contributed by atoms with Gasteiger partial charge in [-0.15, -0.1) is 0 Å². The number of anilines is 1. The minimum atomic E-state index is -1.07. The first-order chi connectivity index (χ1) is 23.0. The number of benzene rings is 1. The Morgan fingerprint density at radius 1 is 1.08 bits per heavy atom. The first-order valence-electron chi connectivity index (χ1n) is 16.7. The number of nitrogens with one attached hydrogen (secondary N) is 3. The van der Waals surface area contributed by atoms with Crippen LogP contribution in [0.15, 0.2) is 30.5 Å². The SMILES string of the molecule is CCn1nccc1C(=O)N[C@H](C(=O)Nc1ccc([C@H](C)[C@@H](NC(=O)COC)C(=O)N2CCN(C)[C@@H](CF)C2)cc1F)[C@H]1CC[C@H](C)CC1. The molecule has 1 saturated heterocycles. The molecule has 48 heavy (non-hydrogen) atoms. The molecule has 4 atom stereocenters. The summed E-state index contributed by atoms with van der Waals surface area (Å²) < 4.78 is 35.8. The summed E-state index contributed by atoms with van der Waals surface area (Å²) in [7, 11) is 3.16. The third-order valence-corrected chi connectivity index (χ3v) is 9.75. The van der Waals surface area contributed by atoms with Crippen molar-refractivity contribution < 1.29 is 32.7 Å². The van der Waals surface area contributed by atoms with E-state index in [0.29, 0.717) is 36.8 Å². The van der Waals surface area contributed by atoms with Crippen molar-refractivity contribution in [2.75, 3.05) is 52.4 Å². The van der Waals surface area contributed by atoms with Gasteiger partial charge in [-0.3, -0.25) is 28.8 Å². The van der Waals surface area contributed by atoms with Crippen molar-refractivity contribution in [2.24, 2.45) is 11.8 Å². The Morgan fingerprint density at radius 2 is 1.81 bits per heavy atom. The third kappa shape index (κ3) is 8.95. The highest BCUT2D eigenvalue weighted by atomic mass is 19.1. The number of aryl methyl sites for hydroxylation is 1. The van der Waals surface area contributed by atoms with Crippen molar-refractivity contribution in [1.29, 1.82) is 0 Å². The van der Waals surface area contributed by atoms with Gasteiger partial charge in [0.2, 0.25) is 17.7 Å². The average Bonchev–Trinajstić information content (AvgIpc) is 3.56. The number of nitrogens with zero attached hydrogens (tertiary/aromatic N) is 4. The van der Waals surface area contributed by atoms with Crippen molar-refractivity contribution in [3.05, 3.63) is 47.5 Å². The predicted molar refractivity (Wildman–Crippen MR) is 177 cm³/mol. The lowest BCUT2D eigenvalue weighted by atomic mass is 9.79. The van der Waals surface area contributed by atoms with Crippen LogP contribution in [0.3, 0.4) is 0 Å². The van der Waals surface area contributed by atoms with Crippen LogP contribution in [0.2, 0.25) is 0 Å². The van der Waals surface area contributed by atoms with Crippen LogP contribution in [0, 0.1) is 17.7 Å². The summed E-state index contributed by atoms with van der Waals surface area (Å²) in [4.78, 5) is 56.6. The number of aromatic nitrogens is 2. The fraction of sp³-hybridized carbons (Fsp3) is 0.618. The van der Waals surface area contributed by atoms with E-state index in [1.165, 1.54) is 30.3 Å². The number of ether oxygens (including phenoxy) is 1. The minimum Gasteiger partial charge on any atom is -0.375 e. The molecule has 2 aromatic rings. The highest BCUT2D eigenvalue weighted by Gasteiger charge is 2.37. The van der Waals surface area contributed by atoms with Gasteiger partial charge in [0.05, 0.1) is 11.7 Å². The molecule has 1 aliphatic carbocycles. The van der Waals surface area contributed by atoms with Gasteiger partial charge in [0.15, 0.2) is 0 Å². The molecule has 0 spiro atoms. The molecule has 0 radical (unpaired) electrons. The largest absolute Gasteiger partial charge is 0.375 e. The van der Waals surface area contributed by atoms with Gasteiger partial charge in [-0.2, -0.15) is 5.10 Å². The van der Waals surface area contributed by atoms with E-state index in [1.54, 1.807) is 30.8 Å². The van der Waals surface area contributed by atoms with Crippen LogP contribution in [0.1, 0.15) is 68.4 Å². The lowest BCUT2D eigenvalue weighted by molar-refractivity contribution is -0.140. The lowest BCUT2D eigenvalue weighted by Gasteiger charge is -2.40. The Morgan fingerprint density at radius 3 is 2.46 bits per heavy atom. The van der Waals surface area contributed by atoms with Crippen LogP contribution in [-0.4, -0.2) is 108 Å². The van der Waals surface area contributed by atoms with Crippen LogP contribution in [0.5, 0.6) is 0 Å². The van der Waals surface area contributed by atoms with Crippen molar-refractivity contribution in [3.8, 4) is 0 Å². The zero-order valence-electron chi connectivity index (χ0n) is 28.5. The molecule has 14 heteroatoms. The maximum atomic E-state index is 15.7. The summed E-state index contributed by atoms with van der Waals surface area (Å²) in [5.74, 6) is -2.89. The molecule has 0 unspecified atom stereocenters. The van der Waals surface area contributed by atoms with Crippen molar-refractivity contribution in [3.63, 3.8) is 0 Å². The van der Waals surface area contributed by atoms with Crippen LogP contribution < -0.4 is 16.0 Å². The molecule has 0 bridgehead atoms. The number of carbonyl (C=O) groups is 4. The molecule has 2 fully saturated rings. The monoisotopic (exact) mass is 673 g/mol. The zero-order chi connectivity index (χ0) is 35.0. The van der Waals surface area contributed by atoms with Crippen molar-refractivity contribution >= 4 is 29.3 Å². The Balaban J connectivity index is 1.53. The number of halogens is 2. The number of likely N-dealkylation sites (N-methyl/N-ethyl adjacent to an activating group) is 1. The van der Waals surface area contributed by atoms with Gasteiger partial charge < -0.3 is 25.6 Å². The summed E-state index contributed by atoms with van der Waals surface area (Å²) >= 11 is 0. The van der Waals surface area contributed by atoms with Crippen molar-refractivity contribution in [1.82, 2.24) is 30.2 Å². The van der Waals surface area contributed by atoms with Gasteiger partial charge in [-0.1, -0.05) is 32.8 Å². The van der Waals surface area contributed by atoms with Gasteiger partial charge >= 0.3 is 0 Å². The molecule has 2 aliphatic rings. The smallest absolute Gasteiger partial charge is 0.270 e. The number of alkyl halides is 1. The molecular formula is C34H49F2N7O5. The summed E-state index contributed by atoms with van der Waals surface area (Å²) in [6, 6.07) is 3.41. The maximum Gasteiger partial charge on any atom is 0.270 e. The zero-order valence-corrected chi connectivity index (χ0v) is 28.5. The van der Waals surface area contributed by atoms with E-state index in [0.717, 1.165) is 25.7 Å². The van der Waals surface area contributed by atoms with E-state index < -0.39 is 60.2 Å². The molecule has 4 amide bonds. The second-order valence-corrected chi connectivity index (χ2v) is 13.1. The Bertz CT molecular complexity index is 1430. The van der Waals surface area contributed by atoms with Crippen LogP contribution in [0.25, 0.3) is 0 Å². The van der Waals surface area contributed by atoms with E-state index >= 15 is 4.39 Å². The normalized spacial score (nSPS) is 22.0. The van der Waals surface area contributed by atoms with Crippen LogP contribution >= 0.6 is 0 Å². The second-order valence-electron chi connectivity index (χ2n) is 13.1. The molecule has 1 saturated carbocycles. The Kier molecular flexibility index (Phi) is 13.0. The molecule has 4 rings (SSSR count). The second kappa shape index (κ2) is 17.0. The molecule has 2 heterocycles. The quantitative estimate of drug-likeness (QED) is 0.297. The number of amides is 4. The summed E-state index contributed by atoms with van der Waals surface area (Å²) in [5, 5.41) is 12.4. The van der Waals surface area contributed by atoms with Gasteiger partial charge in [-0.05, 0) is 62.4 Å². The van der Waals surface area contributed by atoms with E-state index in [4.69, 9.17) is 4.74 Å². The number of hydrogen-bond donors (Lipinski definition) is 3. The number of carbonyl (C=O) groups excluding carboxylic acids is 4. The number of hydrogen-bond acceptors (Lipinski definition) is 7. The van der Waals surface area contributed by atoms with Gasteiger partial charge in [0.25, 0.3) is 5.91 Å². The third-order valence-electron chi connectivity index (χ3n) is 9.75. The first kappa shape index (κ1) is 36.9. The van der Waals surface area contributed by atoms with Gasteiger partial charge in [0, 0.05) is 45.4 Å². The molecule has 1 aromatic carbocycles. The number of piperazine rings is 1.